The Morgan fingerprint density at radius 1 is 1.48 bits per heavy atom. The number of thiocarbonyl (C=S) groups is 1. The molecular formula is C16H23ClN2O2S2. The molecule has 0 saturated carbocycles. The van der Waals surface area contributed by atoms with E-state index in [1.54, 1.807) is 0 Å². The minimum atomic E-state index is -2.93. The zero-order valence-corrected chi connectivity index (χ0v) is 15.9. The number of halogens is 1. The van der Waals surface area contributed by atoms with Crippen LogP contribution in [-0.4, -0.2) is 42.5 Å². The fourth-order valence-electron chi connectivity index (χ4n) is 2.67. The first-order valence-electron chi connectivity index (χ1n) is 7.86. The summed E-state index contributed by atoms with van der Waals surface area (Å²) in [6.45, 7) is 4.82. The van der Waals surface area contributed by atoms with Crippen molar-refractivity contribution in [3.63, 3.8) is 0 Å². The number of hydrogen-bond acceptors (Lipinski definition) is 3. The van der Waals surface area contributed by atoms with E-state index in [-0.39, 0.29) is 17.5 Å². The van der Waals surface area contributed by atoms with E-state index in [1.807, 2.05) is 30.0 Å². The summed E-state index contributed by atoms with van der Waals surface area (Å²) in [5.74, 6) is 0.437. The zero-order valence-electron chi connectivity index (χ0n) is 13.5. The highest BCUT2D eigenvalue weighted by Gasteiger charge is 2.33. The largest absolute Gasteiger partial charge is 0.345 e. The van der Waals surface area contributed by atoms with Crippen molar-refractivity contribution in [2.45, 2.75) is 39.2 Å². The summed E-state index contributed by atoms with van der Waals surface area (Å²) in [5, 5.41) is 4.45. The van der Waals surface area contributed by atoms with Crippen molar-refractivity contribution >= 4 is 44.5 Å². The quantitative estimate of drug-likeness (QED) is 0.797. The number of aryl methyl sites for hydroxylation is 1. The smallest absolute Gasteiger partial charge is 0.173 e. The van der Waals surface area contributed by atoms with Crippen LogP contribution >= 0.6 is 23.8 Å². The fraction of sp³-hybridized carbons (Fsp3) is 0.562. The lowest BCUT2D eigenvalue weighted by molar-refractivity contribution is 0.333. The summed E-state index contributed by atoms with van der Waals surface area (Å²) in [5.41, 5.74) is 1.83. The van der Waals surface area contributed by atoms with Crippen LogP contribution in [0.25, 0.3) is 0 Å². The number of unbranched alkanes of at least 4 members (excludes halogenated alkanes) is 1. The first-order chi connectivity index (χ1) is 10.8. The molecule has 7 heteroatoms. The molecule has 1 heterocycles. The molecule has 1 saturated heterocycles. The lowest BCUT2D eigenvalue weighted by atomic mass is 10.2. The normalized spacial score (nSPS) is 19.5. The SMILES string of the molecule is CCCCN(C(=S)Nc1ccc(C)c(Cl)c1)[C@H]1CCS(=O)(=O)C1. The molecule has 0 spiro atoms. The molecule has 4 nitrogen and oxygen atoms in total. The molecule has 0 aromatic heterocycles. The fourth-order valence-corrected chi connectivity index (χ4v) is 4.93. The number of sulfone groups is 1. The van der Waals surface area contributed by atoms with E-state index in [9.17, 15) is 8.42 Å². The number of nitrogens with one attached hydrogen (secondary N) is 1. The molecule has 1 aliphatic heterocycles. The first kappa shape index (κ1) is 18.5. The Kier molecular flexibility index (Phi) is 6.28. The molecule has 1 aromatic carbocycles. The minimum Gasteiger partial charge on any atom is -0.345 e. The second-order valence-electron chi connectivity index (χ2n) is 6.00. The summed E-state index contributed by atoms with van der Waals surface area (Å²) in [6, 6.07) is 5.67. The monoisotopic (exact) mass is 374 g/mol. The lowest BCUT2D eigenvalue weighted by Crippen LogP contribution is -2.44. The molecule has 1 aliphatic rings. The van der Waals surface area contributed by atoms with Gasteiger partial charge in [-0.2, -0.15) is 0 Å². The van der Waals surface area contributed by atoms with Gasteiger partial charge in [0.05, 0.1) is 11.5 Å². The minimum absolute atomic E-state index is 0.0347. The van der Waals surface area contributed by atoms with Gasteiger partial charge in [-0.15, -0.1) is 0 Å². The van der Waals surface area contributed by atoms with E-state index in [0.29, 0.717) is 16.6 Å². The van der Waals surface area contributed by atoms with Gasteiger partial charge in [0.15, 0.2) is 14.9 Å². The predicted molar refractivity (Wildman–Crippen MR) is 101 cm³/mol. The molecule has 0 bridgehead atoms. The van der Waals surface area contributed by atoms with Crippen LogP contribution in [0.4, 0.5) is 5.69 Å². The predicted octanol–water partition coefficient (Wildman–Crippen LogP) is 3.63. The van der Waals surface area contributed by atoms with Gasteiger partial charge in [0, 0.05) is 23.3 Å². The third-order valence-electron chi connectivity index (χ3n) is 4.09. The standard InChI is InChI=1S/C16H23ClN2O2S2/c1-3-4-8-19(14-7-9-23(20,21)11-14)16(22)18-13-6-5-12(2)15(17)10-13/h5-6,10,14H,3-4,7-9,11H2,1-2H3,(H,18,22)/t14-/m0/s1. The van der Waals surface area contributed by atoms with Gasteiger partial charge in [-0.05, 0) is 49.7 Å². The van der Waals surface area contributed by atoms with E-state index in [1.165, 1.54) is 0 Å². The number of rotatable bonds is 5. The molecule has 0 radical (unpaired) electrons. The van der Waals surface area contributed by atoms with Crippen LogP contribution in [-0.2, 0) is 9.84 Å². The number of anilines is 1. The average molecular weight is 375 g/mol. The second kappa shape index (κ2) is 7.81. The Balaban J connectivity index is 2.11. The van der Waals surface area contributed by atoms with Crippen molar-refractivity contribution < 1.29 is 8.42 Å². The third-order valence-corrected chi connectivity index (χ3v) is 6.58. The van der Waals surface area contributed by atoms with Gasteiger partial charge in [-0.1, -0.05) is 31.0 Å². The molecule has 1 atom stereocenters. The summed E-state index contributed by atoms with van der Waals surface area (Å²) < 4.78 is 23.5. The second-order valence-corrected chi connectivity index (χ2v) is 9.02. The molecule has 1 N–H and O–H groups in total. The van der Waals surface area contributed by atoms with Crippen LogP contribution in [0, 0.1) is 6.92 Å². The summed E-state index contributed by atoms with van der Waals surface area (Å²) >= 11 is 11.7. The Morgan fingerprint density at radius 2 is 2.22 bits per heavy atom. The van der Waals surface area contributed by atoms with E-state index in [2.05, 4.69) is 12.2 Å². The first-order valence-corrected chi connectivity index (χ1v) is 10.5. The molecule has 0 unspecified atom stereocenters. The number of hydrogen-bond donors (Lipinski definition) is 1. The van der Waals surface area contributed by atoms with E-state index in [0.717, 1.165) is 30.6 Å². The van der Waals surface area contributed by atoms with Gasteiger partial charge in [0.2, 0.25) is 0 Å². The third kappa shape index (κ3) is 5.06. The zero-order chi connectivity index (χ0) is 17.0. The Morgan fingerprint density at radius 3 is 2.78 bits per heavy atom. The van der Waals surface area contributed by atoms with Crippen LogP contribution in [0.3, 0.4) is 0 Å². The van der Waals surface area contributed by atoms with Gasteiger partial charge >= 0.3 is 0 Å². The Hall–Kier alpha value is -0.850. The van der Waals surface area contributed by atoms with Crippen LogP contribution in [0.15, 0.2) is 18.2 Å². The van der Waals surface area contributed by atoms with Gasteiger partial charge in [0.1, 0.15) is 0 Å². The van der Waals surface area contributed by atoms with Gasteiger partial charge < -0.3 is 10.2 Å². The molecule has 1 fully saturated rings. The van der Waals surface area contributed by atoms with Gasteiger partial charge in [-0.3, -0.25) is 0 Å². The molecule has 1 aromatic rings. The van der Waals surface area contributed by atoms with Gasteiger partial charge in [-0.25, -0.2) is 8.42 Å². The summed E-state index contributed by atoms with van der Waals surface area (Å²) in [4.78, 5) is 2.02. The van der Waals surface area contributed by atoms with E-state index in [4.69, 9.17) is 23.8 Å². The summed E-state index contributed by atoms with van der Waals surface area (Å²) in [6.07, 6.45) is 2.66. The topological polar surface area (TPSA) is 49.4 Å². The maximum atomic E-state index is 11.8. The Bertz CT molecular complexity index is 677. The molecule has 2 rings (SSSR count). The average Bonchev–Trinajstić information content (AvgIpc) is 2.83. The van der Waals surface area contributed by atoms with E-state index >= 15 is 0 Å². The van der Waals surface area contributed by atoms with E-state index < -0.39 is 9.84 Å². The highest BCUT2D eigenvalue weighted by molar-refractivity contribution is 7.91. The molecular weight excluding hydrogens is 352 g/mol. The lowest BCUT2D eigenvalue weighted by Gasteiger charge is -2.31. The maximum absolute atomic E-state index is 11.8. The van der Waals surface area contributed by atoms with Crippen molar-refractivity contribution in [1.29, 1.82) is 0 Å². The van der Waals surface area contributed by atoms with Crippen LogP contribution in [0.5, 0.6) is 0 Å². The van der Waals surface area contributed by atoms with Crippen molar-refractivity contribution in [2.24, 2.45) is 0 Å². The van der Waals surface area contributed by atoms with Crippen molar-refractivity contribution in [3.8, 4) is 0 Å². The molecule has 23 heavy (non-hydrogen) atoms. The van der Waals surface area contributed by atoms with Crippen LogP contribution in [0.2, 0.25) is 5.02 Å². The summed E-state index contributed by atoms with van der Waals surface area (Å²) in [7, 11) is -2.93. The highest BCUT2D eigenvalue weighted by atomic mass is 35.5. The molecule has 128 valence electrons. The van der Waals surface area contributed by atoms with Gasteiger partial charge in [0.25, 0.3) is 0 Å². The van der Waals surface area contributed by atoms with Crippen molar-refractivity contribution in [1.82, 2.24) is 4.90 Å². The van der Waals surface area contributed by atoms with Crippen molar-refractivity contribution in [2.75, 3.05) is 23.4 Å². The molecule has 0 aliphatic carbocycles. The maximum Gasteiger partial charge on any atom is 0.173 e. The molecule has 0 amide bonds. The number of nitrogens with zero attached hydrogens (tertiary/aromatic N) is 1. The number of benzene rings is 1. The highest BCUT2D eigenvalue weighted by Crippen LogP contribution is 2.23. The van der Waals surface area contributed by atoms with Crippen LogP contribution < -0.4 is 5.32 Å². The van der Waals surface area contributed by atoms with Crippen molar-refractivity contribution in [3.05, 3.63) is 28.8 Å². The van der Waals surface area contributed by atoms with Crippen LogP contribution in [0.1, 0.15) is 31.7 Å². The Labute approximate surface area is 149 Å².